The monoisotopic (exact) mass is 368 g/mol. The molecule has 0 aromatic heterocycles. The summed E-state index contributed by atoms with van der Waals surface area (Å²) in [6.45, 7) is 6.46. The first-order valence-corrected chi connectivity index (χ1v) is 9.18. The second-order valence-corrected chi connectivity index (χ2v) is 6.36. The molecule has 2 rings (SSSR count). The Kier molecular flexibility index (Phi) is 7.23. The van der Waals surface area contributed by atoms with Gasteiger partial charge in [-0.1, -0.05) is 26.0 Å². The molecule has 27 heavy (non-hydrogen) atoms. The highest BCUT2D eigenvalue weighted by Crippen LogP contribution is 2.24. The standard InChI is InChI=1S/C21H28N4O2/c1-4-15(3)25(20(26)5-2)18-10-12-19(13-11-18)27-14-16-6-8-17(9-7-16)24-21(22)23/h6-13,15H,4-5,14H2,1-3H3,(H4,22,23,24). The fourth-order valence-corrected chi connectivity index (χ4v) is 2.68. The van der Waals surface area contributed by atoms with E-state index >= 15 is 0 Å². The predicted octanol–water partition coefficient (Wildman–Crippen LogP) is 3.71. The summed E-state index contributed by atoms with van der Waals surface area (Å²) in [4.78, 5) is 18.1. The zero-order valence-corrected chi connectivity index (χ0v) is 16.2. The molecule has 0 aliphatic rings. The van der Waals surface area contributed by atoms with E-state index in [-0.39, 0.29) is 17.9 Å². The minimum Gasteiger partial charge on any atom is -0.489 e. The molecular weight excluding hydrogens is 340 g/mol. The lowest BCUT2D eigenvalue weighted by molar-refractivity contribution is -0.118. The van der Waals surface area contributed by atoms with Crippen LogP contribution in [0.3, 0.4) is 0 Å². The second kappa shape index (κ2) is 9.62. The molecule has 0 saturated carbocycles. The van der Waals surface area contributed by atoms with Crippen molar-refractivity contribution < 1.29 is 9.53 Å². The molecule has 0 fully saturated rings. The predicted molar refractivity (Wildman–Crippen MR) is 110 cm³/mol. The van der Waals surface area contributed by atoms with Crippen LogP contribution in [0.15, 0.2) is 53.5 Å². The van der Waals surface area contributed by atoms with E-state index in [1.54, 1.807) is 0 Å². The molecule has 0 aliphatic heterocycles. The maximum atomic E-state index is 12.3. The SMILES string of the molecule is CCC(=O)N(c1ccc(OCc2ccc(N=C(N)N)cc2)cc1)C(C)CC. The van der Waals surface area contributed by atoms with E-state index in [0.717, 1.165) is 23.4 Å². The topological polar surface area (TPSA) is 93.9 Å². The highest BCUT2D eigenvalue weighted by atomic mass is 16.5. The van der Waals surface area contributed by atoms with Crippen molar-refractivity contribution in [2.45, 2.75) is 46.3 Å². The summed E-state index contributed by atoms with van der Waals surface area (Å²) in [5.74, 6) is 0.908. The van der Waals surface area contributed by atoms with Gasteiger partial charge in [-0.25, -0.2) is 4.99 Å². The number of carbonyl (C=O) groups is 1. The number of nitrogens with zero attached hydrogens (tertiary/aromatic N) is 2. The summed E-state index contributed by atoms with van der Waals surface area (Å²) >= 11 is 0. The number of hydrogen-bond acceptors (Lipinski definition) is 3. The van der Waals surface area contributed by atoms with Crippen molar-refractivity contribution in [1.82, 2.24) is 0 Å². The maximum Gasteiger partial charge on any atom is 0.226 e. The van der Waals surface area contributed by atoms with Gasteiger partial charge in [0.25, 0.3) is 0 Å². The van der Waals surface area contributed by atoms with Gasteiger partial charge in [0.15, 0.2) is 5.96 Å². The van der Waals surface area contributed by atoms with Crippen molar-refractivity contribution >= 4 is 23.2 Å². The number of anilines is 1. The summed E-state index contributed by atoms with van der Waals surface area (Å²) < 4.78 is 5.83. The first-order valence-electron chi connectivity index (χ1n) is 9.18. The van der Waals surface area contributed by atoms with Crippen molar-refractivity contribution in [1.29, 1.82) is 0 Å². The fraction of sp³-hybridized carbons (Fsp3) is 0.333. The van der Waals surface area contributed by atoms with Gasteiger partial charge >= 0.3 is 0 Å². The summed E-state index contributed by atoms with van der Waals surface area (Å²) in [7, 11) is 0. The fourth-order valence-electron chi connectivity index (χ4n) is 2.68. The molecule has 1 amide bonds. The Balaban J connectivity index is 2.02. The van der Waals surface area contributed by atoms with E-state index < -0.39 is 0 Å². The number of aliphatic imine (C=N–C) groups is 1. The average molecular weight is 368 g/mol. The van der Waals surface area contributed by atoms with Crippen LogP contribution in [0.2, 0.25) is 0 Å². The van der Waals surface area contributed by atoms with Crippen LogP contribution >= 0.6 is 0 Å². The summed E-state index contributed by atoms with van der Waals surface area (Å²) in [5, 5.41) is 0. The number of nitrogens with two attached hydrogens (primary N) is 2. The Hall–Kier alpha value is -3.02. The zero-order chi connectivity index (χ0) is 19.8. The van der Waals surface area contributed by atoms with E-state index in [0.29, 0.717) is 18.7 Å². The molecule has 0 aliphatic carbocycles. The Morgan fingerprint density at radius 1 is 1.07 bits per heavy atom. The number of guanidine groups is 1. The third kappa shape index (κ3) is 5.74. The van der Waals surface area contributed by atoms with Gasteiger partial charge in [-0.3, -0.25) is 4.79 Å². The molecule has 1 atom stereocenters. The minimum atomic E-state index is 0.0343. The first-order chi connectivity index (χ1) is 12.9. The molecule has 0 saturated heterocycles. The first kappa shape index (κ1) is 20.3. The summed E-state index contributed by atoms with van der Waals surface area (Å²) in [6.07, 6.45) is 1.39. The second-order valence-electron chi connectivity index (χ2n) is 6.36. The van der Waals surface area contributed by atoms with E-state index in [9.17, 15) is 4.79 Å². The molecule has 6 heteroatoms. The summed E-state index contributed by atoms with van der Waals surface area (Å²) in [6, 6.07) is 15.3. The number of ether oxygens (including phenoxy) is 1. The van der Waals surface area contributed by atoms with Crippen molar-refractivity contribution in [3.05, 3.63) is 54.1 Å². The van der Waals surface area contributed by atoms with Gasteiger partial charge in [0, 0.05) is 18.2 Å². The van der Waals surface area contributed by atoms with Crippen molar-refractivity contribution in [3.63, 3.8) is 0 Å². The van der Waals surface area contributed by atoms with Gasteiger partial charge in [0.05, 0.1) is 5.69 Å². The Labute approximate surface area is 160 Å². The lowest BCUT2D eigenvalue weighted by Crippen LogP contribution is -2.37. The highest BCUT2D eigenvalue weighted by Gasteiger charge is 2.19. The Morgan fingerprint density at radius 2 is 1.70 bits per heavy atom. The third-order valence-corrected chi connectivity index (χ3v) is 4.32. The van der Waals surface area contributed by atoms with Gasteiger partial charge in [-0.2, -0.15) is 0 Å². The molecule has 6 nitrogen and oxygen atoms in total. The number of amides is 1. The maximum absolute atomic E-state index is 12.3. The van der Waals surface area contributed by atoms with Crippen molar-refractivity contribution in [2.24, 2.45) is 16.5 Å². The number of carbonyl (C=O) groups excluding carboxylic acids is 1. The van der Waals surface area contributed by atoms with Gasteiger partial charge in [0.2, 0.25) is 5.91 Å². The summed E-state index contributed by atoms with van der Waals surface area (Å²) in [5.41, 5.74) is 13.3. The highest BCUT2D eigenvalue weighted by molar-refractivity contribution is 5.93. The average Bonchev–Trinajstić information content (AvgIpc) is 2.67. The Bertz CT molecular complexity index is 766. The normalized spacial score (nSPS) is 11.5. The Morgan fingerprint density at radius 3 is 2.22 bits per heavy atom. The van der Waals surface area contributed by atoms with E-state index in [2.05, 4.69) is 18.8 Å². The van der Waals surface area contributed by atoms with Crippen LogP contribution in [0.5, 0.6) is 5.75 Å². The van der Waals surface area contributed by atoms with Gasteiger partial charge in [-0.15, -0.1) is 0 Å². The molecular formula is C21H28N4O2. The van der Waals surface area contributed by atoms with Crippen LogP contribution in [-0.4, -0.2) is 17.9 Å². The van der Waals surface area contributed by atoms with Gasteiger partial charge in [-0.05, 0) is 55.3 Å². The van der Waals surface area contributed by atoms with Gasteiger partial charge < -0.3 is 21.1 Å². The number of hydrogen-bond donors (Lipinski definition) is 2. The van der Waals surface area contributed by atoms with Crippen LogP contribution in [0, 0.1) is 0 Å². The molecule has 0 radical (unpaired) electrons. The largest absolute Gasteiger partial charge is 0.489 e. The van der Waals surface area contributed by atoms with Crippen LogP contribution < -0.4 is 21.1 Å². The molecule has 2 aromatic carbocycles. The number of rotatable bonds is 8. The van der Waals surface area contributed by atoms with Crippen LogP contribution in [0.4, 0.5) is 11.4 Å². The minimum absolute atomic E-state index is 0.0343. The third-order valence-electron chi connectivity index (χ3n) is 4.32. The lowest BCUT2D eigenvalue weighted by Gasteiger charge is -2.28. The lowest BCUT2D eigenvalue weighted by atomic mass is 10.1. The van der Waals surface area contributed by atoms with Crippen molar-refractivity contribution in [3.8, 4) is 5.75 Å². The molecule has 1 unspecified atom stereocenters. The quantitative estimate of drug-likeness (QED) is 0.548. The van der Waals surface area contributed by atoms with E-state index in [4.69, 9.17) is 16.2 Å². The van der Waals surface area contributed by atoms with Crippen LogP contribution in [0.1, 0.15) is 39.2 Å². The van der Waals surface area contributed by atoms with E-state index in [1.807, 2.05) is 60.4 Å². The zero-order valence-electron chi connectivity index (χ0n) is 16.2. The van der Waals surface area contributed by atoms with Gasteiger partial charge in [0.1, 0.15) is 12.4 Å². The molecule has 4 N–H and O–H groups in total. The molecule has 2 aromatic rings. The number of benzene rings is 2. The molecule has 144 valence electrons. The van der Waals surface area contributed by atoms with E-state index in [1.165, 1.54) is 0 Å². The molecule has 0 spiro atoms. The smallest absolute Gasteiger partial charge is 0.226 e. The van der Waals surface area contributed by atoms with Crippen LogP contribution in [-0.2, 0) is 11.4 Å². The molecule has 0 bridgehead atoms. The van der Waals surface area contributed by atoms with Crippen molar-refractivity contribution in [2.75, 3.05) is 4.90 Å². The van der Waals surface area contributed by atoms with Crippen LogP contribution in [0.25, 0.3) is 0 Å². The molecule has 0 heterocycles.